The third-order valence-corrected chi connectivity index (χ3v) is 2.15. The molecule has 1 aliphatic rings. The van der Waals surface area contributed by atoms with Crippen LogP contribution in [0.15, 0.2) is 0 Å². The van der Waals surface area contributed by atoms with Crippen LogP contribution in [0.25, 0.3) is 0 Å². The molecule has 0 aromatic carbocycles. The summed E-state index contributed by atoms with van der Waals surface area (Å²) < 4.78 is 35.8. The first-order chi connectivity index (χ1) is 5.53. The van der Waals surface area contributed by atoms with Crippen molar-refractivity contribution in [2.45, 2.75) is 25.1 Å². The van der Waals surface area contributed by atoms with Gasteiger partial charge in [-0.3, -0.25) is 4.90 Å². The van der Waals surface area contributed by atoms with E-state index in [0.717, 1.165) is 12.8 Å². The van der Waals surface area contributed by atoms with E-state index in [4.69, 9.17) is 5.73 Å². The van der Waals surface area contributed by atoms with Crippen molar-refractivity contribution in [3.05, 3.63) is 0 Å². The van der Waals surface area contributed by atoms with Gasteiger partial charge in [0.15, 0.2) is 0 Å². The monoisotopic (exact) mass is 182 g/mol. The summed E-state index contributed by atoms with van der Waals surface area (Å²) in [5, 5.41) is 0. The van der Waals surface area contributed by atoms with E-state index in [1.807, 2.05) is 0 Å². The highest BCUT2D eigenvalue weighted by molar-refractivity contribution is 4.81. The lowest BCUT2D eigenvalue weighted by molar-refractivity contribution is -0.147. The summed E-state index contributed by atoms with van der Waals surface area (Å²) in [6.07, 6.45) is -2.46. The topological polar surface area (TPSA) is 29.3 Å². The van der Waals surface area contributed by atoms with Crippen molar-refractivity contribution >= 4 is 0 Å². The molecule has 5 heteroatoms. The Morgan fingerprint density at radius 3 is 2.58 bits per heavy atom. The molecule has 0 amide bonds. The molecule has 1 aliphatic heterocycles. The number of alkyl halides is 3. The standard InChI is InChI=1S/C7H13F3N2/c8-7(9,10)5-12-3-1-2-6(12)4-11/h6H,1-5,11H2. The minimum absolute atomic E-state index is 0.0633. The van der Waals surface area contributed by atoms with Crippen LogP contribution in [-0.4, -0.2) is 36.8 Å². The van der Waals surface area contributed by atoms with Crippen molar-refractivity contribution < 1.29 is 13.2 Å². The highest BCUT2D eigenvalue weighted by Crippen LogP contribution is 2.23. The highest BCUT2D eigenvalue weighted by atomic mass is 19.4. The minimum Gasteiger partial charge on any atom is -0.329 e. The van der Waals surface area contributed by atoms with E-state index in [0.29, 0.717) is 13.1 Å². The summed E-state index contributed by atoms with van der Waals surface area (Å²) >= 11 is 0. The molecule has 1 heterocycles. The Balaban J connectivity index is 2.41. The maximum Gasteiger partial charge on any atom is 0.401 e. The Hall–Kier alpha value is -0.290. The number of halogens is 3. The average molecular weight is 182 g/mol. The normalized spacial score (nSPS) is 26.5. The number of nitrogens with two attached hydrogens (primary N) is 1. The van der Waals surface area contributed by atoms with Crippen LogP contribution in [0.3, 0.4) is 0 Å². The molecule has 1 saturated heterocycles. The van der Waals surface area contributed by atoms with Gasteiger partial charge >= 0.3 is 6.18 Å². The molecule has 0 spiro atoms. The molecule has 0 saturated carbocycles. The van der Waals surface area contributed by atoms with Gasteiger partial charge < -0.3 is 5.73 Å². The fraction of sp³-hybridized carbons (Fsp3) is 1.00. The number of rotatable bonds is 2. The van der Waals surface area contributed by atoms with E-state index in [9.17, 15) is 13.2 Å². The van der Waals surface area contributed by atoms with Gasteiger partial charge in [-0.05, 0) is 19.4 Å². The van der Waals surface area contributed by atoms with E-state index in [1.165, 1.54) is 4.90 Å². The predicted octanol–water partition coefficient (Wildman–Crippen LogP) is 0.972. The third-order valence-electron chi connectivity index (χ3n) is 2.15. The number of hydrogen-bond donors (Lipinski definition) is 1. The number of hydrogen-bond acceptors (Lipinski definition) is 2. The first kappa shape index (κ1) is 9.80. The summed E-state index contributed by atoms with van der Waals surface area (Å²) in [4.78, 5) is 1.42. The summed E-state index contributed by atoms with van der Waals surface area (Å²) in [5.74, 6) is 0. The second-order valence-electron chi connectivity index (χ2n) is 3.12. The third kappa shape index (κ3) is 2.64. The molecule has 1 unspecified atom stereocenters. The van der Waals surface area contributed by atoms with Crippen LogP contribution in [-0.2, 0) is 0 Å². The largest absolute Gasteiger partial charge is 0.401 e. The molecular formula is C7H13F3N2. The summed E-state index contributed by atoms with van der Waals surface area (Å²) in [6, 6.07) is -0.0633. The van der Waals surface area contributed by atoms with Crippen LogP contribution >= 0.6 is 0 Å². The molecule has 12 heavy (non-hydrogen) atoms. The fourth-order valence-corrected chi connectivity index (χ4v) is 1.60. The van der Waals surface area contributed by atoms with E-state index in [2.05, 4.69) is 0 Å². The van der Waals surface area contributed by atoms with Gasteiger partial charge in [-0.1, -0.05) is 0 Å². The summed E-state index contributed by atoms with van der Waals surface area (Å²) in [6.45, 7) is 0.0479. The van der Waals surface area contributed by atoms with Crippen LogP contribution in [0.5, 0.6) is 0 Å². The van der Waals surface area contributed by atoms with Gasteiger partial charge in [0.2, 0.25) is 0 Å². The van der Waals surface area contributed by atoms with Gasteiger partial charge in [-0.15, -0.1) is 0 Å². The molecule has 72 valence electrons. The molecule has 0 radical (unpaired) electrons. The second kappa shape index (κ2) is 3.62. The number of nitrogens with zero attached hydrogens (tertiary/aromatic N) is 1. The Morgan fingerprint density at radius 2 is 2.08 bits per heavy atom. The van der Waals surface area contributed by atoms with Gasteiger partial charge in [-0.2, -0.15) is 13.2 Å². The summed E-state index contributed by atoms with van der Waals surface area (Å²) in [5.41, 5.74) is 5.33. The van der Waals surface area contributed by atoms with Crippen LogP contribution in [0, 0.1) is 0 Å². The maximum absolute atomic E-state index is 11.9. The molecule has 0 aromatic heterocycles. The van der Waals surface area contributed by atoms with E-state index in [1.54, 1.807) is 0 Å². The average Bonchev–Trinajstić information content (AvgIpc) is 2.31. The molecule has 1 atom stereocenters. The molecular weight excluding hydrogens is 169 g/mol. The van der Waals surface area contributed by atoms with Crippen molar-refractivity contribution in [3.8, 4) is 0 Å². The van der Waals surface area contributed by atoms with Crippen LogP contribution in [0.2, 0.25) is 0 Å². The van der Waals surface area contributed by atoms with Crippen molar-refractivity contribution in [1.29, 1.82) is 0 Å². The molecule has 2 N–H and O–H groups in total. The second-order valence-corrected chi connectivity index (χ2v) is 3.12. The summed E-state index contributed by atoms with van der Waals surface area (Å²) in [7, 11) is 0. The van der Waals surface area contributed by atoms with Crippen LogP contribution in [0.4, 0.5) is 13.2 Å². The zero-order valence-electron chi connectivity index (χ0n) is 6.77. The Labute approximate surface area is 69.5 Å². The van der Waals surface area contributed by atoms with Gasteiger partial charge in [0.25, 0.3) is 0 Å². The SMILES string of the molecule is NCC1CCCN1CC(F)(F)F. The van der Waals surface area contributed by atoms with Crippen molar-refractivity contribution in [2.24, 2.45) is 5.73 Å². The molecule has 0 bridgehead atoms. The van der Waals surface area contributed by atoms with Crippen molar-refractivity contribution in [1.82, 2.24) is 4.90 Å². The molecule has 0 aliphatic carbocycles. The highest BCUT2D eigenvalue weighted by Gasteiger charge is 2.35. The van der Waals surface area contributed by atoms with Gasteiger partial charge in [0, 0.05) is 12.6 Å². The van der Waals surface area contributed by atoms with E-state index >= 15 is 0 Å². The minimum atomic E-state index is -4.09. The molecule has 1 fully saturated rings. The van der Waals surface area contributed by atoms with Gasteiger partial charge in [0.05, 0.1) is 6.54 Å². The smallest absolute Gasteiger partial charge is 0.329 e. The Morgan fingerprint density at radius 1 is 1.42 bits per heavy atom. The van der Waals surface area contributed by atoms with Crippen molar-refractivity contribution in [3.63, 3.8) is 0 Å². The lowest BCUT2D eigenvalue weighted by Gasteiger charge is -2.23. The first-order valence-electron chi connectivity index (χ1n) is 4.04. The lowest BCUT2D eigenvalue weighted by atomic mass is 10.2. The lowest BCUT2D eigenvalue weighted by Crippen LogP contribution is -2.41. The van der Waals surface area contributed by atoms with Crippen LogP contribution < -0.4 is 5.73 Å². The Kier molecular flexibility index (Phi) is 2.95. The zero-order valence-corrected chi connectivity index (χ0v) is 6.77. The van der Waals surface area contributed by atoms with Gasteiger partial charge in [-0.25, -0.2) is 0 Å². The quantitative estimate of drug-likeness (QED) is 0.689. The Bertz CT molecular complexity index is 146. The number of likely N-dealkylation sites (tertiary alicyclic amines) is 1. The van der Waals surface area contributed by atoms with E-state index < -0.39 is 12.7 Å². The first-order valence-corrected chi connectivity index (χ1v) is 4.04. The zero-order chi connectivity index (χ0) is 9.19. The predicted molar refractivity (Wildman–Crippen MR) is 39.7 cm³/mol. The van der Waals surface area contributed by atoms with Crippen molar-refractivity contribution in [2.75, 3.05) is 19.6 Å². The molecule has 1 rings (SSSR count). The van der Waals surface area contributed by atoms with Crippen LogP contribution in [0.1, 0.15) is 12.8 Å². The molecule has 0 aromatic rings. The maximum atomic E-state index is 11.9. The fourth-order valence-electron chi connectivity index (χ4n) is 1.60. The molecule has 2 nitrogen and oxygen atoms in total. The van der Waals surface area contributed by atoms with E-state index in [-0.39, 0.29) is 6.04 Å². The van der Waals surface area contributed by atoms with Gasteiger partial charge in [0.1, 0.15) is 0 Å².